The first-order valence-corrected chi connectivity index (χ1v) is 8.59. The number of ether oxygens (including phenoxy) is 2. The molecule has 0 bridgehead atoms. The van der Waals surface area contributed by atoms with Crippen LogP contribution in [0, 0.1) is 5.92 Å². The van der Waals surface area contributed by atoms with Crippen molar-refractivity contribution in [2.75, 3.05) is 18.5 Å². The molecule has 0 aliphatic heterocycles. The van der Waals surface area contributed by atoms with Crippen LogP contribution >= 0.6 is 0 Å². The lowest BCUT2D eigenvalue weighted by molar-refractivity contribution is -0.140. The van der Waals surface area contributed by atoms with Crippen LogP contribution in [0.15, 0.2) is 24.3 Å². The lowest BCUT2D eigenvalue weighted by atomic mass is 9.93. The summed E-state index contributed by atoms with van der Waals surface area (Å²) in [5.74, 6) is 1.10. The van der Waals surface area contributed by atoms with Gasteiger partial charge >= 0.3 is 0 Å². The molecule has 1 aromatic carbocycles. The maximum absolute atomic E-state index is 12.6. The van der Waals surface area contributed by atoms with Gasteiger partial charge in [-0.05, 0) is 56.9 Å². The quantitative estimate of drug-likeness (QED) is 0.638. The van der Waals surface area contributed by atoms with Crippen LogP contribution in [0.2, 0.25) is 0 Å². The fraction of sp³-hybridized carbons (Fsp3) is 0.632. The van der Waals surface area contributed by atoms with E-state index in [1.165, 1.54) is 0 Å². The van der Waals surface area contributed by atoms with Crippen LogP contribution in [0.4, 0.5) is 5.69 Å². The highest BCUT2D eigenvalue weighted by molar-refractivity contribution is 5.97. The highest BCUT2D eigenvalue weighted by atomic mass is 16.5. The van der Waals surface area contributed by atoms with Gasteiger partial charge in [-0.25, -0.2) is 0 Å². The summed E-state index contributed by atoms with van der Waals surface area (Å²) >= 11 is 0. The van der Waals surface area contributed by atoms with Crippen molar-refractivity contribution in [2.24, 2.45) is 5.92 Å². The number of anilines is 1. The molecule has 0 saturated carbocycles. The number of benzene rings is 1. The molecule has 0 aliphatic rings. The maximum Gasteiger partial charge on any atom is 0.256 e. The van der Waals surface area contributed by atoms with Crippen LogP contribution in [-0.2, 0) is 9.53 Å². The Morgan fingerprint density at radius 2 is 1.87 bits per heavy atom. The van der Waals surface area contributed by atoms with Crippen molar-refractivity contribution in [1.82, 2.24) is 0 Å². The van der Waals surface area contributed by atoms with E-state index in [9.17, 15) is 4.79 Å². The van der Waals surface area contributed by atoms with E-state index in [0.717, 1.165) is 30.9 Å². The lowest BCUT2D eigenvalue weighted by Crippen LogP contribution is -2.43. The summed E-state index contributed by atoms with van der Waals surface area (Å²) in [6.45, 7) is 11.3. The van der Waals surface area contributed by atoms with E-state index in [-0.39, 0.29) is 5.91 Å². The molecule has 1 N–H and O–H groups in total. The summed E-state index contributed by atoms with van der Waals surface area (Å²) in [6, 6.07) is 7.49. The minimum atomic E-state index is -0.806. The number of unbranched alkanes of at least 4 members (excludes halogenated alkanes) is 1. The van der Waals surface area contributed by atoms with Gasteiger partial charge in [0.25, 0.3) is 5.91 Å². The second-order valence-corrected chi connectivity index (χ2v) is 6.44. The Morgan fingerprint density at radius 3 is 2.39 bits per heavy atom. The number of hydrogen-bond donors (Lipinski definition) is 1. The minimum absolute atomic E-state index is 0.104. The summed E-state index contributed by atoms with van der Waals surface area (Å²) in [4.78, 5) is 12.6. The monoisotopic (exact) mass is 321 g/mol. The van der Waals surface area contributed by atoms with Gasteiger partial charge in [0.2, 0.25) is 0 Å². The largest absolute Gasteiger partial charge is 0.494 e. The third kappa shape index (κ3) is 6.61. The SMILES string of the molecule is CCCCOc1ccc(NC(=O)[C@@](C)(CC(C)C)OCC)cc1. The van der Waals surface area contributed by atoms with E-state index in [0.29, 0.717) is 18.9 Å². The predicted octanol–water partition coefficient (Wildman–Crippen LogP) is 4.65. The molecular formula is C19H31NO3. The molecule has 0 radical (unpaired) electrons. The number of nitrogens with one attached hydrogen (secondary N) is 1. The summed E-state index contributed by atoms with van der Waals surface area (Å²) in [7, 11) is 0. The molecular weight excluding hydrogens is 290 g/mol. The van der Waals surface area contributed by atoms with E-state index in [4.69, 9.17) is 9.47 Å². The maximum atomic E-state index is 12.6. The van der Waals surface area contributed by atoms with Crippen molar-refractivity contribution in [2.45, 2.75) is 59.5 Å². The number of carbonyl (C=O) groups excluding carboxylic acids is 1. The Labute approximate surface area is 140 Å². The van der Waals surface area contributed by atoms with Crippen molar-refractivity contribution in [3.05, 3.63) is 24.3 Å². The Morgan fingerprint density at radius 1 is 1.22 bits per heavy atom. The van der Waals surface area contributed by atoms with Crippen LogP contribution in [0.3, 0.4) is 0 Å². The molecule has 1 aromatic rings. The molecule has 4 nitrogen and oxygen atoms in total. The zero-order valence-corrected chi connectivity index (χ0v) is 15.1. The van der Waals surface area contributed by atoms with E-state index < -0.39 is 5.60 Å². The predicted molar refractivity (Wildman–Crippen MR) is 95.0 cm³/mol. The molecule has 23 heavy (non-hydrogen) atoms. The van der Waals surface area contributed by atoms with Crippen LogP contribution in [0.5, 0.6) is 5.75 Å². The molecule has 0 heterocycles. The normalized spacial score (nSPS) is 13.7. The number of rotatable bonds is 10. The topological polar surface area (TPSA) is 47.6 Å². The van der Waals surface area contributed by atoms with E-state index >= 15 is 0 Å². The standard InChI is InChI=1S/C19H31NO3/c1-6-8-13-22-17-11-9-16(10-12-17)20-18(21)19(5,23-7-2)14-15(3)4/h9-12,15H,6-8,13-14H2,1-5H3,(H,20,21)/t19-/m1/s1. The first-order valence-electron chi connectivity index (χ1n) is 8.59. The Bertz CT molecular complexity index is 470. The molecule has 130 valence electrons. The van der Waals surface area contributed by atoms with Crippen molar-refractivity contribution in [3.8, 4) is 5.75 Å². The van der Waals surface area contributed by atoms with Gasteiger partial charge in [-0.15, -0.1) is 0 Å². The molecule has 0 unspecified atom stereocenters. The third-order valence-electron chi connectivity index (χ3n) is 3.62. The lowest BCUT2D eigenvalue weighted by Gasteiger charge is -2.29. The van der Waals surface area contributed by atoms with Crippen molar-refractivity contribution < 1.29 is 14.3 Å². The summed E-state index contributed by atoms with van der Waals surface area (Å²) in [5.41, 5.74) is -0.0494. The van der Waals surface area contributed by atoms with Crippen LogP contribution in [0.1, 0.15) is 53.9 Å². The highest BCUT2D eigenvalue weighted by Crippen LogP contribution is 2.24. The Balaban J connectivity index is 2.67. The fourth-order valence-electron chi connectivity index (χ4n) is 2.55. The van der Waals surface area contributed by atoms with Gasteiger partial charge < -0.3 is 14.8 Å². The van der Waals surface area contributed by atoms with Gasteiger partial charge in [-0.1, -0.05) is 27.2 Å². The second kappa shape index (κ2) is 9.56. The first kappa shape index (κ1) is 19.5. The molecule has 1 amide bonds. The molecule has 0 aliphatic carbocycles. The van der Waals surface area contributed by atoms with Crippen LogP contribution in [0.25, 0.3) is 0 Å². The van der Waals surface area contributed by atoms with Gasteiger partial charge in [0.05, 0.1) is 6.61 Å². The van der Waals surface area contributed by atoms with Crippen LogP contribution in [-0.4, -0.2) is 24.7 Å². The summed E-state index contributed by atoms with van der Waals surface area (Å²) < 4.78 is 11.4. The van der Waals surface area contributed by atoms with Crippen molar-refractivity contribution >= 4 is 11.6 Å². The Hall–Kier alpha value is -1.55. The summed E-state index contributed by atoms with van der Waals surface area (Å²) in [5, 5.41) is 2.95. The zero-order chi connectivity index (χ0) is 17.3. The Kier molecular flexibility index (Phi) is 8.10. The number of hydrogen-bond acceptors (Lipinski definition) is 3. The van der Waals surface area contributed by atoms with E-state index in [1.54, 1.807) is 0 Å². The molecule has 0 fully saturated rings. The van der Waals surface area contributed by atoms with Gasteiger partial charge in [0.15, 0.2) is 0 Å². The second-order valence-electron chi connectivity index (χ2n) is 6.44. The van der Waals surface area contributed by atoms with Crippen molar-refractivity contribution in [1.29, 1.82) is 0 Å². The van der Waals surface area contributed by atoms with Crippen molar-refractivity contribution in [3.63, 3.8) is 0 Å². The third-order valence-corrected chi connectivity index (χ3v) is 3.62. The average Bonchev–Trinajstić information content (AvgIpc) is 2.48. The zero-order valence-electron chi connectivity index (χ0n) is 15.1. The highest BCUT2D eigenvalue weighted by Gasteiger charge is 2.34. The molecule has 0 spiro atoms. The molecule has 4 heteroatoms. The first-order chi connectivity index (χ1) is 10.9. The van der Waals surface area contributed by atoms with Gasteiger partial charge in [0, 0.05) is 12.3 Å². The average molecular weight is 321 g/mol. The van der Waals surface area contributed by atoms with Gasteiger partial charge in [0.1, 0.15) is 11.4 Å². The minimum Gasteiger partial charge on any atom is -0.494 e. The smallest absolute Gasteiger partial charge is 0.256 e. The fourth-order valence-corrected chi connectivity index (χ4v) is 2.55. The molecule has 0 aromatic heterocycles. The molecule has 0 saturated heterocycles. The van der Waals surface area contributed by atoms with E-state index in [2.05, 4.69) is 26.1 Å². The molecule has 1 atom stereocenters. The number of carbonyl (C=O) groups is 1. The summed E-state index contributed by atoms with van der Waals surface area (Å²) in [6.07, 6.45) is 2.84. The van der Waals surface area contributed by atoms with E-state index in [1.807, 2.05) is 38.1 Å². The van der Waals surface area contributed by atoms with Gasteiger partial charge in [-0.3, -0.25) is 4.79 Å². The van der Waals surface area contributed by atoms with Gasteiger partial charge in [-0.2, -0.15) is 0 Å². The molecule has 1 rings (SSSR count). The number of amides is 1. The van der Waals surface area contributed by atoms with Crippen LogP contribution < -0.4 is 10.1 Å².